The number of nitrogens with one attached hydrogen (secondary N) is 1. The van der Waals surface area contributed by atoms with Gasteiger partial charge in [0.2, 0.25) is 0 Å². The highest BCUT2D eigenvalue weighted by Crippen LogP contribution is 2.50. The summed E-state index contributed by atoms with van der Waals surface area (Å²) in [6.07, 6.45) is 3.28. The van der Waals surface area contributed by atoms with Crippen LogP contribution in [0.15, 0.2) is 125 Å². The maximum absolute atomic E-state index is 14.2. The van der Waals surface area contributed by atoms with Crippen LogP contribution in [0.3, 0.4) is 0 Å². The van der Waals surface area contributed by atoms with E-state index in [0.717, 1.165) is 47.5 Å². The van der Waals surface area contributed by atoms with E-state index in [0.29, 0.717) is 21.5 Å². The number of nitrogens with zero attached hydrogens (tertiary/aromatic N) is 2. The summed E-state index contributed by atoms with van der Waals surface area (Å²) in [5, 5.41) is 2.41. The molecule has 0 spiro atoms. The van der Waals surface area contributed by atoms with Crippen LogP contribution in [0, 0.1) is 5.82 Å². The lowest BCUT2D eigenvalue weighted by atomic mass is 9.76. The lowest BCUT2D eigenvalue weighted by molar-refractivity contribution is -0.122. The first-order chi connectivity index (χ1) is 24.8. The number of imide groups is 2. The van der Waals surface area contributed by atoms with E-state index in [-0.39, 0.29) is 29.8 Å². The Labute approximate surface area is 303 Å². The highest BCUT2D eigenvalue weighted by atomic mass is 79.9. The van der Waals surface area contributed by atoms with E-state index in [2.05, 4.69) is 50.4 Å². The van der Waals surface area contributed by atoms with Crippen molar-refractivity contribution in [2.75, 3.05) is 22.9 Å². The first kappa shape index (κ1) is 32.7. The summed E-state index contributed by atoms with van der Waals surface area (Å²) in [6.45, 7) is 2.06. The number of hydrogen-bond acceptors (Lipinski definition) is 5. The smallest absolute Gasteiger partial charge is 0.335 e. The number of halogens is 2. The van der Waals surface area contributed by atoms with Gasteiger partial charge in [-0.05, 0) is 105 Å². The molecule has 2 atom stereocenters. The standard InChI is InChI=1S/C42H33BrFN3O4/c43-37-22-27(13-16-38(37)51-25-26-11-14-30(44)15-12-26)21-36-40(48)45-42(50)47(41(36)49)31-23-34-32(28-7-3-1-4-8-28)17-19-46-20-18-33(35(24-31)39(34)46)29-9-5-2-6-10-29/h1-16,21-24,32-33H,17-20,25H2,(H,45,48,50)/b36-21+/t32-,33+. The summed E-state index contributed by atoms with van der Waals surface area (Å²) >= 11 is 3.53. The maximum atomic E-state index is 14.2. The summed E-state index contributed by atoms with van der Waals surface area (Å²) < 4.78 is 19.8. The Morgan fingerprint density at radius 2 is 1.39 bits per heavy atom. The Balaban J connectivity index is 1.16. The molecule has 51 heavy (non-hydrogen) atoms. The van der Waals surface area contributed by atoms with Crippen molar-refractivity contribution in [3.63, 3.8) is 0 Å². The molecule has 1 fully saturated rings. The van der Waals surface area contributed by atoms with Crippen molar-refractivity contribution in [2.24, 2.45) is 0 Å². The minimum atomic E-state index is -0.781. The van der Waals surface area contributed by atoms with E-state index in [4.69, 9.17) is 4.74 Å². The minimum Gasteiger partial charge on any atom is -0.488 e. The molecule has 3 aliphatic heterocycles. The zero-order chi connectivity index (χ0) is 35.1. The number of barbiturate groups is 1. The van der Waals surface area contributed by atoms with E-state index in [9.17, 15) is 18.8 Å². The zero-order valence-electron chi connectivity index (χ0n) is 27.5. The summed E-state index contributed by atoms with van der Waals surface area (Å²) in [6, 6.07) is 35.1. The van der Waals surface area contributed by atoms with Gasteiger partial charge in [-0.3, -0.25) is 14.9 Å². The molecule has 5 aromatic carbocycles. The monoisotopic (exact) mass is 741 g/mol. The first-order valence-electron chi connectivity index (χ1n) is 16.9. The fraction of sp³-hybridized carbons (Fsp3) is 0.167. The molecule has 3 aliphatic rings. The number of hydrogen-bond donors (Lipinski definition) is 1. The van der Waals surface area contributed by atoms with Crippen molar-refractivity contribution >= 4 is 51.2 Å². The molecular weight excluding hydrogens is 709 g/mol. The Kier molecular flexibility index (Phi) is 8.73. The number of carbonyl (C=O) groups excluding carboxylic acids is 3. The van der Waals surface area contributed by atoms with Gasteiger partial charge in [-0.25, -0.2) is 14.1 Å². The third-order valence-corrected chi connectivity index (χ3v) is 10.6. The van der Waals surface area contributed by atoms with Gasteiger partial charge < -0.3 is 9.64 Å². The SMILES string of the molecule is O=C1NC(=O)N(c2cc3c4c(c2)[C@H](c2ccccc2)CCN4CC[C@@H]3c2ccccc2)C(=O)/C1=C/c1ccc(OCc2ccc(F)cc2)c(Br)c1. The van der Waals surface area contributed by atoms with Crippen LogP contribution in [0.2, 0.25) is 0 Å². The largest absolute Gasteiger partial charge is 0.488 e. The van der Waals surface area contributed by atoms with Crippen LogP contribution >= 0.6 is 15.9 Å². The van der Waals surface area contributed by atoms with Crippen molar-refractivity contribution in [1.29, 1.82) is 0 Å². The number of carbonyl (C=O) groups is 3. The van der Waals surface area contributed by atoms with Crippen molar-refractivity contribution in [3.8, 4) is 5.75 Å². The number of rotatable bonds is 7. The van der Waals surface area contributed by atoms with Gasteiger partial charge in [0, 0.05) is 30.6 Å². The predicted octanol–water partition coefficient (Wildman–Crippen LogP) is 8.71. The van der Waals surface area contributed by atoms with Gasteiger partial charge in [-0.15, -0.1) is 0 Å². The number of amides is 4. The van der Waals surface area contributed by atoms with Crippen LogP contribution < -0.4 is 19.9 Å². The second kappa shape index (κ2) is 13.6. The molecule has 0 bridgehead atoms. The van der Waals surface area contributed by atoms with Gasteiger partial charge >= 0.3 is 6.03 Å². The predicted molar refractivity (Wildman–Crippen MR) is 198 cm³/mol. The third kappa shape index (κ3) is 6.34. The Morgan fingerprint density at radius 3 is 1.98 bits per heavy atom. The van der Waals surface area contributed by atoms with E-state index < -0.39 is 17.8 Å². The number of anilines is 2. The van der Waals surface area contributed by atoms with E-state index in [1.54, 1.807) is 30.3 Å². The highest BCUT2D eigenvalue weighted by Gasteiger charge is 2.40. The van der Waals surface area contributed by atoms with E-state index in [1.807, 2.05) is 48.5 Å². The molecule has 0 unspecified atom stereocenters. The zero-order valence-corrected chi connectivity index (χ0v) is 29.1. The quantitative estimate of drug-likeness (QED) is 0.133. The highest BCUT2D eigenvalue weighted by molar-refractivity contribution is 9.10. The van der Waals surface area contributed by atoms with E-state index in [1.165, 1.54) is 35.0 Å². The molecule has 4 amide bonds. The average Bonchev–Trinajstić information content (AvgIpc) is 3.14. The molecule has 8 rings (SSSR count). The van der Waals surface area contributed by atoms with Crippen molar-refractivity contribution in [1.82, 2.24) is 5.32 Å². The fourth-order valence-electron chi connectivity index (χ4n) is 7.49. The van der Waals surface area contributed by atoms with Gasteiger partial charge in [-0.2, -0.15) is 0 Å². The van der Waals surface area contributed by atoms with Crippen molar-refractivity contribution in [3.05, 3.63) is 165 Å². The van der Waals surface area contributed by atoms with Crippen LogP contribution in [0.5, 0.6) is 5.75 Å². The van der Waals surface area contributed by atoms with Gasteiger partial charge in [-0.1, -0.05) is 78.9 Å². The summed E-state index contributed by atoms with van der Waals surface area (Å²) in [4.78, 5) is 44.5. The third-order valence-electron chi connectivity index (χ3n) is 9.93. The van der Waals surface area contributed by atoms with Gasteiger partial charge in [0.1, 0.15) is 23.7 Å². The molecule has 0 aliphatic carbocycles. The molecule has 1 saturated heterocycles. The Morgan fingerprint density at radius 1 is 0.784 bits per heavy atom. The van der Waals surface area contributed by atoms with Crippen LogP contribution in [0.4, 0.5) is 20.6 Å². The maximum Gasteiger partial charge on any atom is 0.335 e. The molecule has 1 N–H and O–H groups in total. The lowest BCUT2D eigenvalue weighted by Gasteiger charge is -2.44. The second-order valence-corrected chi connectivity index (χ2v) is 13.9. The van der Waals surface area contributed by atoms with E-state index >= 15 is 0 Å². The molecule has 0 saturated carbocycles. The van der Waals surface area contributed by atoms with Crippen LogP contribution in [-0.4, -0.2) is 30.9 Å². The lowest BCUT2D eigenvalue weighted by Crippen LogP contribution is -2.54. The fourth-order valence-corrected chi connectivity index (χ4v) is 8.00. The molecular formula is C42H33BrFN3O4. The summed E-state index contributed by atoms with van der Waals surface area (Å²) in [5.74, 6) is -1.09. The number of benzene rings is 5. The van der Waals surface area contributed by atoms with Gasteiger partial charge in [0.15, 0.2) is 0 Å². The normalized spacial score (nSPS) is 19.2. The average molecular weight is 743 g/mol. The minimum absolute atomic E-state index is 0.0754. The molecule has 9 heteroatoms. The number of ether oxygens (including phenoxy) is 1. The van der Waals surface area contributed by atoms with Crippen LogP contribution in [0.1, 0.15) is 58.1 Å². The first-order valence-corrected chi connectivity index (χ1v) is 17.7. The van der Waals surface area contributed by atoms with Gasteiger partial charge in [0.05, 0.1) is 10.2 Å². The van der Waals surface area contributed by atoms with Crippen molar-refractivity contribution < 1.29 is 23.5 Å². The summed E-state index contributed by atoms with van der Waals surface area (Å²) in [7, 11) is 0. The molecule has 254 valence electrons. The Bertz CT molecular complexity index is 2120. The van der Waals surface area contributed by atoms with Crippen molar-refractivity contribution in [2.45, 2.75) is 31.3 Å². The second-order valence-electron chi connectivity index (χ2n) is 13.0. The molecule has 7 nitrogen and oxygen atoms in total. The number of urea groups is 1. The topological polar surface area (TPSA) is 79.0 Å². The Hall–Kier alpha value is -5.54. The molecule has 3 heterocycles. The van der Waals surface area contributed by atoms with Gasteiger partial charge in [0.25, 0.3) is 11.8 Å². The molecule has 0 aromatic heterocycles. The summed E-state index contributed by atoms with van der Waals surface area (Å²) in [5.41, 5.74) is 7.31. The van der Waals surface area contributed by atoms with Crippen LogP contribution in [-0.2, 0) is 16.2 Å². The molecule has 0 radical (unpaired) electrons. The van der Waals surface area contributed by atoms with Crippen LogP contribution in [0.25, 0.3) is 6.08 Å². The molecule has 5 aromatic rings.